The van der Waals surface area contributed by atoms with Crippen molar-refractivity contribution in [3.63, 3.8) is 0 Å². The van der Waals surface area contributed by atoms with Crippen LogP contribution in [-0.2, 0) is 13.8 Å². The largest absolute Gasteiger partial charge is 0.487 e. The van der Waals surface area contributed by atoms with Gasteiger partial charge in [-0.05, 0) is 26.0 Å². The summed E-state index contributed by atoms with van der Waals surface area (Å²) in [6.45, 7) is 2.97. The van der Waals surface area contributed by atoms with Crippen molar-refractivity contribution in [1.82, 2.24) is 19.5 Å². The molecule has 0 bridgehead atoms. The second-order valence-corrected chi connectivity index (χ2v) is 9.05. The molecule has 3 aromatic rings. The molecular weight excluding hydrogens is 441 g/mol. The summed E-state index contributed by atoms with van der Waals surface area (Å²) in [7, 11) is -3.92. The van der Waals surface area contributed by atoms with Gasteiger partial charge in [-0.1, -0.05) is 18.2 Å². The maximum absolute atomic E-state index is 13.5. The molecule has 4 rings (SSSR count). The highest BCUT2D eigenvalue weighted by Gasteiger charge is 2.44. The fourth-order valence-corrected chi connectivity index (χ4v) is 4.85. The molecule has 0 aliphatic carbocycles. The van der Waals surface area contributed by atoms with Crippen LogP contribution >= 0.6 is 7.75 Å². The van der Waals surface area contributed by atoms with Gasteiger partial charge in [0.2, 0.25) is 0 Å². The van der Waals surface area contributed by atoms with Gasteiger partial charge in [-0.2, -0.15) is 0 Å². The molecule has 1 aliphatic heterocycles. The lowest BCUT2D eigenvalue weighted by molar-refractivity contribution is -0.0511. The van der Waals surface area contributed by atoms with Crippen molar-refractivity contribution in [2.24, 2.45) is 0 Å². The van der Waals surface area contributed by atoms with Gasteiger partial charge in [0.25, 0.3) is 0 Å². The highest BCUT2D eigenvalue weighted by Crippen LogP contribution is 2.49. The average molecular weight is 465 g/mol. The smallest absolute Gasteiger partial charge is 0.409 e. The third-order valence-electron chi connectivity index (χ3n) is 4.71. The first kappa shape index (κ1) is 22.6. The van der Waals surface area contributed by atoms with Crippen LogP contribution < -0.4 is 9.61 Å². The van der Waals surface area contributed by atoms with E-state index in [4.69, 9.17) is 13.8 Å². The minimum Gasteiger partial charge on any atom is -0.409 e. The Morgan fingerprint density at radius 3 is 2.59 bits per heavy atom. The summed E-state index contributed by atoms with van der Waals surface area (Å²) in [6, 6.07) is 8.56. The molecule has 172 valence electrons. The van der Waals surface area contributed by atoms with E-state index >= 15 is 0 Å². The molecule has 2 aromatic heterocycles. The highest BCUT2D eigenvalue weighted by molar-refractivity contribution is 7.55. The van der Waals surface area contributed by atoms with Gasteiger partial charge in [-0.3, -0.25) is 14.2 Å². The van der Waals surface area contributed by atoms with Crippen LogP contribution in [0.25, 0.3) is 11.2 Å². The van der Waals surface area contributed by atoms with E-state index in [0.29, 0.717) is 5.75 Å². The summed E-state index contributed by atoms with van der Waals surface area (Å²) in [5, 5.41) is 32.4. The third kappa shape index (κ3) is 4.46. The van der Waals surface area contributed by atoms with E-state index in [1.807, 2.05) is 0 Å². The molecule has 0 saturated carbocycles. The molecular formula is C19H24N5O7P. The first-order valence-corrected chi connectivity index (χ1v) is 11.5. The molecule has 1 fully saturated rings. The number of aromatic nitrogens is 4. The van der Waals surface area contributed by atoms with Gasteiger partial charge in [0.15, 0.2) is 23.2 Å². The third-order valence-corrected chi connectivity index (χ3v) is 6.35. The molecule has 0 amide bonds. The maximum atomic E-state index is 13.5. The lowest BCUT2D eigenvalue weighted by Gasteiger charge is -2.22. The van der Waals surface area contributed by atoms with Crippen LogP contribution in [0.4, 0.5) is 5.82 Å². The van der Waals surface area contributed by atoms with Gasteiger partial charge >= 0.3 is 7.75 Å². The normalized spacial score (nSPS) is 25.2. The van der Waals surface area contributed by atoms with Gasteiger partial charge in [0.05, 0.1) is 19.0 Å². The van der Waals surface area contributed by atoms with Crippen LogP contribution in [0.5, 0.6) is 5.75 Å². The monoisotopic (exact) mass is 465 g/mol. The zero-order chi connectivity index (χ0) is 22.9. The Balaban J connectivity index is 1.66. The van der Waals surface area contributed by atoms with Crippen molar-refractivity contribution in [2.75, 3.05) is 11.7 Å². The molecule has 13 heteroatoms. The Bertz CT molecular complexity index is 1110. The summed E-state index contributed by atoms with van der Waals surface area (Å²) in [5.41, 5.74) is 0.461. The molecule has 4 N–H and O–H groups in total. The topological polar surface area (TPSA) is 161 Å². The van der Waals surface area contributed by atoms with Gasteiger partial charge in [-0.25, -0.2) is 19.5 Å². The number of imidazole rings is 1. The fourth-order valence-electron chi connectivity index (χ4n) is 3.33. The van der Waals surface area contributed by atoms with Crippen molar-refractivity contribution in [1.29, 1.82) is 0 Å². The standard InChI is InChI=1S/C19H24N5O7P/c1-11(2)30-32(28,31-12-6-4-3-5-7-12)23-17-14-18(21-9-20-17)24(10-22-14)19-16(27)15(26)13(8-25)29-19/h3-7,9-11,13,15-16,19,25-27H,8H2,1-2H3,(H,20,21,23,28)/t13-,15-,16-,19-,32?/m1/s1. The minimum atomic E-state index is -3.92. The molecule has 1 unspecified atom stereocenters. The molecule has 32 heavy (non-hydrogen) atoms. The Kier molecular flexibility index (Phi) is 6.42. The number of aliphatic hydroxyl groups is 3. The molecule has 1 saturated heterocycles. The van der Waals surface area contributed by atoms with Crippen LogP contribution in [0.3, 0.4) is 0 Å². The molecule has 0 radical (unpaired) electrons. The molecule has 0 spiro atoms. The molecule has 3 heterocycles. The number of ether oxygens (including phenoxy) is 1. The number of nitrogens with zero attached hydrogens (tertiary/aromatic N) is 4. The van der Waals surface area contributed by atoms with Crippen LogP contribution in [0.1, 0.15) is 20.1 Å². The predicted molar refractivity (Wildman–Crippen MR) is 113 cm³/mol. The van der Waals surface area contributed by atoms with Crippen LogP contribution in [0.2, 0.25) is 0 Å². The molecule has 1 aromatic carbocycles. The lowest BCUT2D eigenvalue weighted by atomic mass is 10.1. The van der Waals surface area contributed by atoms with E-state index in [9.17, 15) is 19.9 Å². The van der Waals surface area contributed by atoms with Gasteiger partial charge < -0.3 is 24.6 Å². The van der Waals surface area contributed by atoms with E-state index in [0.717, 1.165) is 0 Å². The summed E-state index contributed by atoms with van der Waals surface area (Å²) < 4.78 is 31.6. The number of nitrogens with one attached hydrogen (secondary N) is 1. The summed E-state index contributed by atoms with van der Waals surface area (Å²) in [5.74, 6) is 0.423. The lowest BCUT2D eigenvalue weighted by Crippen LogP contribution is -2.33. The molecule has 5 atom stereocenters. The second-order valence-electron chi connectivity index (χ2n) is 7.44. The van der Waals surface area contributed by atoms with Crippen LogP contribution in [0, 0.1) is 0 Å². The van der Waals surface area contributed by atoms with Crippen molar-refractivity contribution in [2.45, 2.75) is 44.5 Å². The minimum absolute atomic E-state index is 0.0837. The number of fused-ring (bicyclic) bond motifs is 1. The first-order chi connectivity index (χ1) is 15.3. The Morgan fingerprint density at radius 2 is 1.94 bits per heavy atom. The number of benzene rings is 1. The highest BCUT2D eigenvalue weighted by atomic mass is 31.2. The average Bonchev–Trinajstić information content (AvgIpc) is 3.30. The van der Waals surface area contributed by atoms with E-state index < -0.39 is 45.0 Å². The summed E-state index contributed by atoms with van der Waals surface area (Å²) >= 11 is 0. The van der Waals surface area contributed by atoms with Gasteiger partial charge in [0.1, 0.15) is 30.4 Å². The van der Waals surface area contributed by atoms with Crippen molar-refractivity contribution >= 4 is 24.7 Å². The fraction of sp³-hybridized carbons (Fsp3) is 0.421. The Labute approximate surface area is 183 Å². The Morgan fingerprint density at radius 1 is 1.19 bits per heavy atom. The molecule has 12 nitrogen and oxygen atoms in total. The number of aliphatic hydroxyl groups excluding tert-OH is 3. The SMILES string of the molecule is CC(C)OP(=O)(Nc1ncnc2c1ncn2[C@@H]1O[C@H](CO)[C@@H](O)[C@H]1O)Oc1ccccc1. The maximum Gasteiger partial charge on any atom is 0.487 e. The van der Waals surface area contributed by atoms with Crippen molar-refractivity contribution in [3.8, 4) is 5.75 Å². The van der Waals surface area contributed by atoms with Crippen molar-refractivity contribution < 1.29 is 33.7 Å². The van der Waals surface area contributed by atoms with Gasteiger partial charge in [0, 0.05) is 0 Å². The molecule has 1 aliphatic rings. The summed E-state index contributed by atoms with van der Waals surface area (Å²) in [6.07, 6.45) is -2.44. The van der Waals surface area contributed by atoms with E-state index in [1.165, 1.54) is 17.2 Å². The zero-order valence-corrected chi connectivity index (χ0v) is 18.2. The Hall–Kier alpha value is -2.60. The number of rotatable bonds is 8. The van der Waals surface area contributed by atoms with E-state index in [1.54, 1.807) is 44.2 Å². The number of hydrogen-bond donors (Lipinski definition) is 4. The number of hydrogen-bond acceptors (Lipinski definition) is 10. The summed E-state index contributed by atoms with van der Waals surface area (Å²) in [4.78, 5) is 12.5. The number of para-hydroxylation sites is 1. The van der Waals surface area contributed by atoms with Crippen LogP contribution in [0.15, 0.2) is 43.0 Å². The number of anilines is 1. The van der Waals surface area contributed by atoms with Crippen molar-refractivity contribution in [3.05, 3.63) is 43.0 Å². The zero-order valence-electron chi connectivity index (χ0n) is 17.3. The quantitative estimate of drug-likeness (QED) is 0.356. The predicted octanol–water partition coefficient (Wildman–Crippen LogP) is 1.46. The van der Waals surface area contributed by atoms with E-state index in [2.05, 4.69) is 20.0 Å². The van der Waals surface area contributed by atoms with E-state index in [-0.39, 0.29) is 17.0 Å². The first-order valence-electron chi connectivity index (χ1n) is 9.92. The van der Waals surface area contributed by atoms with Gasteiger partial charge in [-0.15, -0.1) is 0 Å². The van der Waals surface area contributed by atoms with Crippen LogP contribution in [-0.4, -0.2) is 65.9 Å². The second kappa shape index (κ2) is 9.10.